The molecule has 2 atom stereocenters. The molecule has 1 aromatic heterocycles. The molecule has 2 amide bonds. The third kappa shape index (κ3) is 3.96. The highest BCUT2D eigenvalue weighted by Gasteiger charge is 2.25. The summed E-state index contributed by atoms with van der Waals surface area (Å²) in [7, 11) is 0. The molecule has 20 heavy (non-hydrogen) atoms. The zero-order valence-corrected chi connectivity index (χ0v) is 12.0. The lowest BCUT2D eigenvalue weighted by Crippen LogP contribution is -2.47. The zero-order chi connectivity index (χ0) is 14.4. The lowest BCUT2D eigenvalue weighted by Gasteiger charge is -2.33. The monoisotopic (exact) mass is 280 g/mol. The maximum absolute atomic E-state index is 12.2. The molecule has 6 heteroatoms. The average Bonchev–Trinajstić information content (AvgIpc) is 2.99. The second-order valence-electron chi connectivity index (χ2n) is 5.53. The Kier molecular flexibility index (Phi) is 5.40. The van der Waals surface area contributed by atoms with E-state index in [1.165, 1.54) is 5.56 Å². The van der Waals surface area contributed by atoms with Gasteiger partial charge in [-0.25, -0.2) is 4.79 Å². The van der Waals surface area contributed by atoms with Crippen molar-refractivity contribution in [2.75, 3.05) is 19.7 Å². The molecule has 0 radical (unpaired) electrons. The quantitative estimate of drug-likeness (QED) is 0.763. The first-order valence-corrected chi connectivity index (χ1v) is 7.35. The van der Waals surface area contributed by atoms with Crippen molar-refractivity contribution in [2.24, 2.45) is 0 Å². The van der Waals surface area contributed by atoms with Crippen molar-refractivity contribution in [3.63, 3.8) is 0 Å². The summed E-state index contributed by atoms with van der Waals surface area (Å²) in [4.78, 5) is 14.1. The Balaban J connectivity index is 1.84. The largest absolute Gasteiger partial charge is 0.396 e. The fourth-order valence-corrected chi connectivity index (χ4v) is 2.69. The van der Waals surface area contributed by atoms with E-state index in [2.05, 4.69) is 15.5 Å². The first-order chi connectivity index (χ1) is 9.70. The van der Waals surface area contributed by atoms with Crippen LogP contribution in [-0.2, 0) is 0 Å². The number of aromatic amines is 1. The van der Waals surface area contributed by atoms with E-state index in [1.54, 1.807) is 0 Å². The van der Waals surface area contributed by atoms with Gasteiger partial charge >= 0.3 is 6.03 Å². The highest BCUT2D eigenvalue weighted by Crippen LogP contribution is 2.26. The molecular weight excluding hydrogens is 256 g/mol. The molecule has 0 saturated carbocycles. The molecule has 2 unspecified atom stereocenters. The molecule has 112 valence electrons. The van der Waals surface area contributed by atoms with Crippen LogP contribution in [0.15, 0.2) is 12.4 Å². The van der Waals surface area contributed by atoms with Gasteiger partial charge in [0.1, 0.15) is 0 Å². The van der Waals surface area contributed by atoms with Crippen LogP contribution in [0, 0.1) is 0 Å². The summed E-state index contributed by atoms with van der Waals surface area (Å²) in [6, 6.07) is 0.104. The fraction of sp³-hybridized carbons (Fsp3) is 0.714. The summed E-state index contributed by atoms with van der Waals surface area (Å²) in [6.45, 7) is 3.71. The number of carbonyl (C=O) groups is 1. The number of amides is 2. The molecule has 6 nitrogen and oxygen atoms in total. The smallest absolute Gasteiger partial charge is 0.317 e. The third-order valence-electron chi connectivity index (χ3n) is 3.86. The Labute approximate surface area is 119 Å². The number of piperidine rings is 1. The van der Waals surface area contributed by atoms with Gasteiger partial charge in [-0.2, -0.15) is 5.10 Å². The van der Waals surface area contributed by atoms with E-state index in [0.717, 1.165) is 38.8 Å². The van der Waals surface area contributed by atoms with Crippen molar-refractivity contribution < 1.29 is 9.90 Å². The minimum Gasteiger partial charge on any atom is -0.396 e. The maximum atomic E-state index is 12.2. The third-order valence-corrected chi connectivity index (χ3v) is 3.86. The predicted octanol–water partition coefficient (Wildman–Crippen LogP) is 1.46. The summed E-state index contributed by atoms with van der Waals surface area (Å²) in [5.41, 5.74) is 1.18. The molecule has 0 aliphatic carbocycles. The fourth-order valence-electron chi connectivity index (χ4n) is 2.69. The van der Waals surface area contributed by atoms with Crippen molar-refractivity contribution in [1.82, 2.24) is 20.4 Å². The number of hydrogen-bond acceptors (Lipinski definition) is 3. The van der Waals surface area contributed by atoms with Gasteiger partial charge in [-0.1, -0.05) is 0 Å². The highest BCUT2D eigenvalue weighted by atomic mass is 16.3. The molecule has 1 aromatic rings. The van der Waals surface area contributed by atoms with Crippen molar-refractivity contribution in [1.29, 1.82) is 0 Å². The average molecular weight is 280 g/mol. The van der Waals surface area contributed by atoms with Gasteiger partial charge in [0, 0.05) is 37.9 Å². The number of rotatable bonds is 5. The van der Waals surface area contributed by atoms with E-state index in [0.29, 0.717) is 5.92 Å². The Morgan fingerprint density at radius 3 is 3.25 bits per heavy atom. The molecule has 0 aromatic carbocycles. The topological polar surface area (TPSA) is 81.2 Å². The van der Waals surface area contributed by atoms with Crippen molar-refractivity contribution in [3.05, 3.63) is 18.0 Å². The van der Waals surface area contributed by atoms with E-state index >= 15 is 0 Å². The highest BCUT2D eigenvalue weighted by molar-refractivity contribution is 5.74. The number of aliphatic hydroxyl groups is 1. The van der Waals surface area contributed by atoms with Crippen molar-refractivity contribution in [2.45, 2.75) is 44.6 Å². The van der Waals surface area contributed by atoms with E-state index in [9.17, 15) is 4.79 Å². The summed E-state index contributed by atoms with van der Waals surface area (Å²) in [5, 5.41) is 18.6. The number of nitrogens with zero attached hydrogens (tertiary/aromatic N) is 2. The number of H-pyrrole nitrogens is 1. The Morgan fingerprint density at radius 1 is 1.70 bits per heavy atom. The van der Waals surface area contributed by atoms with E-state index in [1.807, 2.05) is 24.2 Å². The lowest BCUT2D eigenvalue weighted by atomic mass is 9.93. The van der Waals surface area contributed by atoms with Crippen LogP contribution in [0.3, 0.4) is 0 Å². The van der Waals surface area contributed by atoms with Gasteiger partial charge in [0.05, 0.1) is 6.20 Å². The van der Waals surface area contributed by atoms with Gasteiger partial charge in [0.2, 0.25) is 0 Å². The maximum Gasteiger partial charge on any atom is 0.317 e. The van der Waals surface area contributed by atoms with Crippen LogP contribution >= 0.6 is 0 Å². The van der Waals surface area contributed by atoms with Crippen LogP contribution in [-0.4, -0.2) is 52.0 Å². The summed E-state index contributed by atoms with van der Waals surface area (Å²) in [5.74, 6) is 0.376. The molecule has 1 aliphatic rings. The van der Waals surface area contributed by atoms with Crippen LogP contribution in [0.4, 0.5) is 4.79 Å². The van der Waals surface area contributed by atoms with Crippen molar-refractivity contribution in [3.8, 4) is 0 Å². The van der Waals surface area contributed by atoms with Crippen LogP contribution in [0.2, 0.25) is 0 Å². The SMILES string of the molecule is CC(CCCO)NC(=O)N1CCCC(c2cn[nH]c2)C1. The molecule has 3 N–H and O–H groups in total. The first kappa shape index (κ1) is 14.8. The minimum absolute atomic E-state index is 0.00337. The number of carbonyl (C=O) groups excluding carboxylic acids is 1. The van der Waals surface area contributed by atoms with E-state index in [-0.39, 0.29) is 18.7 Å². The molecule has 1 aliphatic heterocycles. The minimum atomic E-state index is 0.00337. The number of nitrogens with one attached hydrogen (secondary N) is 2. The molecule has 2 heterocycles. The number of hydrogen-bond donors (Lipinski definition) is 3. The summed E-state index contributed by atoms with van der Waals surface area (Å²) >= 11 is 0. The molecule has 2 rings (SSSR count). The second kappa shape index (κ2) is 7.28. The Hall–Kier alpha value is -1.56. The number of urea groups is 1. The zero-order valence-electron chi connectivity index (χ0n) is 12.0. The Morgan fingerprint density at radius 2 is 2.55 bits per heavy atom. The molecule has 1 fully saturated rings. The van der Waals surface area contributed by atoms with Gasteiger partial charge in [-0.15, -0.1) is 0 Å². The number of aliphatic hydroxyl groups excluding tert-OH is 1. The van der Waals surface area contributed by atoms with E-state index in [4.69, 9.17) is 5.11 Å². The van der Waals surface area contributed by atoms with Crippen LogP contribution in [0.5, 0.6) is 0 Å². The second-order valence-corrected chi connectivity index (χ2v) is 5.53. The molecule has 0 spiro atoms. The van der Waals surface area contributed by atoms with Crippen LogP contribution < -0.4 is 5.32 Å². The van der Waals surface area contributed by atoms with Gasteiger partial charge < -0.3 is 15.3 Å². The lowest BCUT2D eigenvalue weighted by molar-refractivity contribution is 0.175. The summed E-state index contributed by atoms with van der Waals surface area (Å²) < 4.78 is 0. The predicted molar refractivity (Wildman–Crippen MR) is 76.4 cm³/mol. The van der Waals surface area contributed by atoms with Gasteiger partial charge in [-0.3, -0.25) is 5.10 Å². The normalized spacial score (nSPS) is 20.7. The molecule has 0 bridgehead atoms. The van der Waals surface area contributed by atoms with Gasteiger partial charge in [-0.05, 0) is 38.2 Å². The van der Waals surface area contributed by atoms with Gasteiger partial charge in [0.15, 0.2) is 0 Å². The summed E-state index contributed by atoms with van der Waals surface area (Å²) in [6.07, 6.45) is 7.41. The first-order valence-electron chi connectivity index (χ1n) is 7.35. The number of aromatic nitrogens is 2. The molecule has 1 saturated heterocycles. The van der Waals surface area contributed by atoms with Crippen LogP contribution in [0.25, 0.3) is 0 Å². The van der Waals surface area contributed by atoms with E-state index < -0.39 is 0 Å². The van der Waals surface area contributed by atoms with Gasteiger partial charge in [0.25, 0.3) is 0 Å². The Bertz CT molecular complexity index is 407. The molecular formula is C14H24N4O2. The van der Waals surface area contributed by atoms with Crippen LogP contribution in [0.1, 0.15) is 44.1 Å². The number of likely N-dealkylation sites (tertiary alicyclic amines) is 1. The standard InChI is InChI=1S/C14H24N4O2/c1-11(4-3-7-19)17-14(20)18-6-2-5-12(10-18)13-8-15-16-9-13/h8-9,11-12,19H,2-7,10H2,1H3,(H,15,16)(H,17,20). The van der Waals surface area contributed by atoms with Crippen molar-refractivity contribution >= 4 is 6.03 Å².